The fourth-order valence-electron chi connectivity index (χ4n) is 1.90. The monoisotopic (exact) mass is 258 g/mol. The lowest BCUT2D eigenvalue weighted by atomic mass is 10.2. The first-order valence-electron chi connectivity index (χ1n) is 6.10. The molecule has 0 fully saturated rings. The molecule has 0 aliphatic heterocycles. The zero-order valence-electron chi connectivity index (χ0n) is 11.5. The van der Waals surface area contributed by atoms with Crippen LogP contribution >= 0.6 is 0 Å². The molecule has 1 heterocycles. The Hall–Kier alpha value is -2.23. The second kappa shape index (κ2) is 5.61. The Morgan fingerprint density at radius 1 is 1.26 bits per heavy atom. The van der Waals surface area contributed by atoms with Crippen LogP contribution in [0, 0.1) is 0 Å². The van der Waals surface area contributed by atoms with Crippen molar-refractivity contribution in [2.75, 3.05) is 25.6 Å². The van der Waals surface area contributed by atoms with E-state index in [1.54, 1.807) is 7.11 Å². The number of hydrogen-bond donors (Lipinski definition) is 0. The summed E-state index contributed by atoms with van der Waals surface area (Å²) >= 11 is 0. The summed E-state index contributed by atoms with van der Waals surface area (Å²) in [5.41, 5.74) is 1.73. The zero-order valence-corrected chi connectivity index (χ0v) is 11.5. The molecule has 4 nitrogen and oxygen atoms in total. The second-order valence-corrected chi connectivity index (χ2v) is 4.54. The average Bonchev–Trinajstić information content (AvgIpc) is 2.85. The molecule has 19 heavy (non-hydrogen) atoms. The van der Waals surface area contributed by atoms with Crippen molar-refractivity contribution in [2.24, 2.45) is 7.05 Å². The second-order valence-electron chi connectivity index (χ2n) is 4.54. The van der Waals surface area contributed by atoms with E-state index in [1.807, 2.05) is 66.3 Å². The van der Waals surface area contributed by atoms with Crippen LogP contribution in [0.5, 0.6) is 5.75 Å². The van der Waals surface area contributed by atoms with Crippen LogP contribution < -0.4 is 9.64 Å². The normalized spacial score (nSPS) is 10.3. The van der Waals surface area contributed by atoms with Crippen molar-refractivity contribution in [3.8, 4) is 5.75 Å². The molecule has 4 heteroatoms. The van der Waals surface area contributed by atoms with Gasteiger partial charge in [-0.05, 0) is 30.3 Å². The third kappa shape index (κ3) is 3.16. The maximum absolute atomic E-state index is 12.1. The van der Waals surface area contributed by atoms with E-state index in [2.05, 4.69) is 0 Å². The number of likely N-dealkylation sites (N-methyl/N-ethyl adjacent to an activating group) is 1. The number of carbonyl (C=O) groups is 1. The van der Waals surface area contributed by atoms with Crippen LogP contribution in [0.25, 0.3) is 0 Å². The van der Waals surface area contributed by atoms with Crippen molar-refractivity contribution in [1.29, 1.82) is 0 Å². The van der Waals surface area contributed by atoms with E-state index in [9.17, 15) is 4.79 Å². The summed E-state index contributed by atoms with van der Waals surface area (Å²) in [5.74, 6) is 0.922. The molecule has 1 aromatic carbocycles. The van der Waals surface area contributed by atoms with Gasteiger partial charge in [-0.25, -0.2) is 0 Å². The van der Waals surface area contributed by atoms with Gasteiger partial charge in [-0.3, -0.25) is 4.79 Å². The van der Waals surface area contributed by atoms with E-state index in [4.69, 9.17) is 4.74 Å². The number of ketones is 1. The minimum absolute atomic E-state index is 0.110. The van der Waals surface area contributed by atoms with Crippen molar-refractivity contribution >= 4 is 11.5 Å². The van der Waals surface area contributed by atoms with Gasteiger partial charge in [0.2, 0.25) is 0 Å². The zero-order chi connectivity index (χ0) is 13.8. The van der Waals surface area contributed by atoms with Crippen molar-refractivity contribution in [1.82, 2.24) is 4.57 Å². The Bertz CT molecular complexity index is 558. The molecule has 0 amide bonds. The summed E-state index contributed by atoms with van der Waals surface area (Å²) in [6.45, 7) is 0.357. The van der Waals surface area contributed by atoms with Gasteiger partial charge in [-0.1, -0.05) is 0 Å². The Balaban J connectivity index is 2.03. The summed E-state index contributed by atoms with van der Waals surface area (Å²) in [4.78, 5) is 14.0. The molecule has 2 rings (SSSR count). The number of methoxy groups -OCH3 is 1. The molecule has 0 saturated heterocycles. The first-order valence-corrected chi connectivity index (χ1v) is 6.10. The predicted molar refractivity (Wildman–Crippen MR) is 76.0 cm³/mol. The van der Waals surface area contributed by atoms with Gasteiger partial charge in [-0.2, -0.15) is 0 Å². The number of hydrogen-bond acceptors (Lipinski definition) is 3. The highest BCUT2D eigenvalue weighted by molar-refractivity contribution is 5.99. The maximum atomic E-state index is 12.1. The summed E-state index contributed by atoms with van der Waals surface area (Å²) in [7, 11) is 5.45. The largest absolute Gasteiger partial charge is 0.497 e. The number of rotatable bonds is 5. The lowest BCUT2D eigenvalue weighted by Crippen LogP contribution is -2.25. The van der Waals surface area contributed by atoms with E-state index in [0.29, 0.717) is 6.54 Å². The lowest BCUT2D eigenvalue weighted by molar-refractivity contribution is 0.100. The average molecular weight is 258 g/mol. The SMILES string of the molecule is COc1ccc(N(C)CC(=O)c2ccn(C)c2)cc1. The molecule has 0 unspecified atom stereocenters. The van der Waals surface area contributed by atoms with E-state index in [-0.39, 0.29) is 5.78 Å². The van der Waals surface area contributed by atoms with Crippen LogP contribution in [0.4, 0.5) is 5.69 Å². The Morgan fingerprint density at radius 3 is 2.47 bits per heavy atom. The fraction of sp³-hybridized carbons (Fsp3) is 0.267. The highest BCUT2D eigenvalue weighted by Crippen LogP contribution is 2.18. The van der Waals surface area contributed by atoms with Gasteiger partial charge < -0.3 is 14.2 Å². The summed E-state index contributed by atoms with van der Waals surface area (Å²) < 4.78 is 6.99. The van der Waals surface area contributed by atoms with Crippen LogP contribution in [0.1, 0.15) is 10.4 Å². The van der Waals surface area contributed by atoms with Crippen molar-refractivity contribution in [2.45, 2.75) is 0 Å². The number of Topliss-reactive ketones (excluding diaryl/α,β-unsaturated/α-hetero) is 1. The highest BCUT2D eigenvalue weighted by Gasteiger charge is 2.10. The van der Waals surface area contributed by atoms with Crippen LogP contribution in [0.3, 0.4) is 0 Å². The standard InChI is InChI=1S/C15H18N2O2/c1-16-9-8-12(10-16)15(18)11-17(2)13-4-6-14(19-3)7-5-13/h4-10H,11H2,1-3H3. The number of nitrogens with zero attached hydrogens (tertiary/aromatic N) is 2. The first-order chi connectivity index (χ1) is 9.10. The van der Waals surface area contributed by atoms with Gasteiger partial charge in [0.25, 0.3) is 0 Å². The molecular formula is C15H18N2O2. The van der Waals surface area contributed by atoms with Crippen molar-refractivity contribution < 1.29 is 9.53 Å². The first kappa shape index (κ1) is 13.2. The number of carbonyl (C=O) groups excluding carboxylic acids is 1. The van der Waals surface area contributed by atoms with E-state index >= 15 is 0 Å². The smallest absolute Gasteiger partial charge is 0.183 e. The van der Waals surface area contributed by atoms with E-state index in [0.717, 1.165) is 17.0 Å². The molecule has 0 spiro atoms. The molecular weight excluding hydrogens is 240 g/mol. The molecule has 100 valence electrons. The number of ether oxygens (including phenoxy) is 1. The number of aryl methyl sites for hydroxylation is 1. The molecule has 0 saturated carbocycles. The summed E-state index contributed by atoms with van der Waals surface area (Å²) in [6, 6.07) is 9.50. The molecule has 0 radical (unpaired) electrons. The van der Waals surface area contributed by atoms with Gasteiger partial charge in [0, 0.05) is 37.7 Å². The molecule has 0 aliphatic rings. The van der Waals surface area contributed by atoms with E-state index < -0.39 is 0 Å². The quantitative estimate of drug-likeness (QED) is 0.772. The van der Waals surface area contributed by atoms with Crippen LogP contribution in [0.15, 0.2) is 42.7 Å². The van der Waals surface area contributed by atoms with Gasteiger partial charge in [0.15, 0.2) is 5.78 Å². The summed E-state index contributed by atoms with van der Waals surface area (Å²) in [6.07, 6.45) is 3.71. The number of benzene rings is 1. The van der Waals surface area contributed by atoms with Gasteiger partial charge in [0.05, 0.1) is 13.7 Å². The van der Waals surface area contributed by atoms with Gasteiger partial charge in [-0.15, -0.1) is 0 Å². The van der Waals surface area contributed by atoms with E-state index in [1.165, 1.54) is 0 Å². The van der Waals surface area contributed by atoms with Crippen LogP contribution in [-0.2, 0) is 7.05 Å². The fourth-order valence-corrected chi connectivity index (χ4v) is 1.90. The summed E-state index contributed by atoms with van der Waals surface area (Å²) in [5, 5.41) is 0. The Labute approximate surface area is 113 Å². The molecule has 2 aromatic rings. The van der Waals surface area contributed by atoms with Crippen LogP contribution in [0.2, 0.25) is 0 Å². The van der Waals surface area contributed by atoms with Crippen LogP contribution in [-0.4, -0.2) is 31.1 Å². The molecule has 1 aromatic heterocycles. The maximum Gasteiger partial charge on any atom is 0.183 e. The minimum Gasteiger partial charge on any atom is -0.497 e. The Kier molecular flexibility index (Phi) is 3.90. The van der Waals surface area contributed by atoms with Gasteiger partial charge >= 0.3 is 0 Å². The number of aromatic nitrogens is 1. The molecule has 0 bridgehead atoms. The minimum atomic E-state index is 0.110. The highest BCUT2D eigenvalue weighted by atomic mass is 16.5. The van der Waals surface area contributed by atoms with Crippen molar-refractivity contribution in [3.63, 3.8) is 0 Å². The lowest BCUT2D eigenvalue weighted by Gasteiger charge is -2.18. The molecule has 0 aliphatic carbocycles. The predicted octanol–water partition coefficient (Wildman–Crippen LogP) is 2.35. The Morgan fingerprint density at radius 2 is 1.95 bits per heavy atom. The number of anilines is 1. The third-order valence-electron chi connectivity index (χ3n) is 3.05. The third-order valence-corrected chi connectivity index (χ3v) is 3.05. The topological polar surface area (TPSA) is 34.5 Å². The molecule has 0 atom stereocenters. The van der Waals surface area contributed by atoms with Gasteiger partial charge in [0.1, 0.15) is 5.75 Å². The van der Waals surface area contributed by atoms with Crippen molar-refractivity contribution in [3.05, 3.63) is 48.3 Å². The molecule has 0 N–H and O–H groups in total.